The highest BCUT2D eigenvalue weighted by molar-refractivity contribution is 4.92. The van der Waals surface area contributed by atoms with Crippen LogP contribution in [0.2, 0.25) is 0 Å². The Labute approximate surface area is 49.3 Å². The lowest BCUT2D eigenvalue weighted by Crippen LogP contribution is -1.92. The van der Waals surface area contributed by atoms with Crippen molar-refractivity contribution in [3.05, 3.63) is 12.2 Å². The molecule has 0 N–H and O–H groups in total. The lowest BCUT2D eigenvalue weighted by molar-refractivity contribution is 0.830. The molecule has 1 unspecified atom stereocenters. The van der Waals surface area contributed by atoms with Crippen molar-refractivity contribution < 1.29 is 0 Å². The normalized spacial score (nSPS) is 27.9. The van der Waals surface area contributed by atoms with Crippen LogP contribution in [-0.2, 0) is 0 Å². The van der Waals surface area contributed by atoms with Crippen LogP contribution in [0.15, 0.2) is 22.4 Å². The van der Waals surface area contributed by atoms with Crippen LogP contribution in [0, 0.1) is 0 Å². The molecule has 2 heteroatoms. The van der Waals surface area contributed by atoms with Gasteiger partial charge in [-0.3, -0.25) is 0 Å². The molecule has 1 aliphatic heterocycles. The van der Waals surface area contributed by atoms with Gasteiger partial charge in [0, 0.05) is 0 Å². The molecule has 0 spiro atoms. The smallest absolute Gasteiger partial charge is 0.0906 e. The number of allylic oxidation sites excluding steroid dienone is 1. The van der Waals surface area contributed by atoms with E-state index in [-0.39, 0.29) is 0 Å². The standard InChI is InChI=1S/C6H10N2/c1-2-3-6-4-5-7-8-6/h2-3,6H,4-5H2,1H3/b3-2-. The van der Waals surface area contributed by atoms with Gasteiger partial charge in [-0.05, 0) is 13.3 Å². The number of hydrogen-bond acceptors (Lipinski definition) is 2. The molecule has 0 saturated carbocycles. The number of azo groups is 1. The number of rotatable bonds is 1. The van der Waals surface area contributed by atoms with Gasteiger partial charge in [0.1, 0.15) is 0 Å². The Hall–Kier alpha value is -0.660. The Bertz CT molecular complexity index is 116. The summed E-state index contributed by atoms with van der Waals surface area (Å²) in [5, 5.41) is 7.82. The SMILES string of the molecule is C/C=C\C1CCN=N1. The van der Waals surface area contributed by atoms with Crippen LogP contribution in [0.5, 0.6) is 0 Å². The van der Waals surface area contributed by atoms with Crippen LogP contribution in [0.25, 0.3) is 0 Å². The summed E-state index contributed by atoms with van der Waals surface area (Å²) in [4.78, 5) is 0. The highest BCUT2D eigenvalue weighted by Crippen LogP contribution is 2.07. The number of hydrogen-bond donors (Lipinski definition) is 0. The summed E-state index contributed by atoms with van der Waals surface area (Å²) in [6.45, 7) is 2.92. The van der Waals surface area contributed by atoms with E-state index in [1.165, 1.54) is 0 Å². The summed E-state index contributed by atoms with van der Waals surface area (Å²) in [5.41, 5.74) is 0. The molecule has 0 fully saturated rings. The second-order valence-electron chi connectivity index (χ2n) is 1.86. The zero-order valence-corrected chi connectivity index (χ0v) is 5.04. The van der Waals surface area contributed by atoms with Crippen molar-refractivity contribution in [2.45, 2.75) is 19.4 Å². The van der Waals surface area contributed by atoms with E-state index in [0.29, 0.717) is 6.04 Å². The molecule has 1 heterocycles. The average Bonchev–Trinajstić information content (AvgIpc) is 2.19. The van der Waals surface area contributed by atoms with Crippen LogP contribution >= 0.6 is 0 Å². The lowest BCUT2D eigenvalue weighted by Gasteiger charge is -1.90. The van der Waals surface area contributed by atoms with Gasteiger partial charge in [-0.1, -0.05) is 12.2 Å². The van der Waals surface area contributed by atoms with Crippen LogP contribution in [0.3, 0.4) is 0 Å². The van der Waals surface area contributed by atoms with Gasteiger partial charge in [-0.25, -0.2) is 0 Å². The van der Waals surface area contributed by atoms with Crippen molar-refractivity contribution in [1.29, 1.82) is 0 Å². The molecular formula is C6H10N2. The van der Waals surface area contributed by atoms with Gasteiger partial charge >= 0.3 is 0 Å². The average molecular weight is 110 g/mol. The Morgan fingerprint density at radius 1 is 1.62 bits per heavy atom. The summed E-state index contributed by atoms with van der Waals surface area (Å²) in [7, 11) is 0. The highest BCUT2D eigenvalue weighted by Gasteiger charge is 2.05. The monoisotopic (exact) mass is 110 g/mol. The van der Waals surface area contributed by atoms with Gasteiger partial charge in [-0.2, -0.15) is 10.2 Å². The van der Waals surface area contributed by atoms with Gasteiger partial charge in [-0.15, -0.1) is 0 Å². The topological polar surface area (TPSA) is 24.7 Å². The van der Waals surface area contributed by atoms with Crippen molar-refractivity contribution in [2.75, 3.05) is 6.54 Å². The molecule has 44 valence electrons. The first kappa shape index (κ1) is 5.48. The van der Waals surface area contributed by atoms with Crippen molar-refractivity contribution in [1.82, 2.24) is 0 Å². The van der Waals surface area contributed by atoms with E-state index in [1.54, 1.807) is 0 Å². The Morgan fingerprint density at radius 3 is 3.00 bits per heavy atom. The molecular weight excluding hydrogens is 100 g/mol. The van der Waals surface area contributed by atoms with Gasteiger partial charge in [0.2, 0.25) is 0 Å². The van der Waals surface area contributed by atoms with E-state index >= 15 is 0 Å². The van der Waals surface area contributed by atoms with E-state index in [0.717, 1.165) is 13.0 Å². The van der Waals surface area contributed by atoms with E-state index in [4.69, 9.17) is 0 Å². The minimum absolute atomic E-state index is 0.389. The molecule has 0 radical (unpaired) electrons. The summed E-state index contributed by atoms with van der Waals surface area (Å²) in [6.07, 6.45) is 5.20. The minimum Gasteiger partial charge on any atom is -0.194 e. The molecule has 0 aromatic carbocycles. The van der Waals surface area contributed by atoms with Gasteiger partial charge in [0.25, 0.3) is 0 Å². The summed E-state index contributed by atoms with van der Waals surface area (Å²) < 4.78 is 0. The Kier molecular flexibility index (Phi) is 1.78. The maximum Gasteiger partial charge on any atom is 0.0906 e. The first-order chi connectivity index (χ1) is 3.93. The first-order valence-electron chi connectivity index (χ1n) is 2.93. The van der Waals surface area contributed by atoms with Crippen LogP contribution in [-0.4, -0.2) is 12.6 Å². The zero-order chi connectivity index (χ0) is 5.82. The van der Waals surface area contributed by atoms with Crippen LogP contribution in [0.4, 0.5) is 0 Å². The van der Waals surface area contributed by atoms with Gasteiger partial charge in [0.05, 0.1) is 12.6 Å². The molecule has 1 aliphatic rings. The fraction of sp³-hybridized carbons (Fsp3) is 0.667. The summed E-state index contributed by atoms with van der Waals surface area (Å²) in [5.74, 6) is 0. The van der Waals surface area contributed by atoms with Crippen molar-refractivity contribution in [3.8, 4) is 0 Å². The molecule has 8 heavy (non-hydrogen) atoms. The fourth-order valence-corrected chi connectivity index (χ4v) is 0.767. The molecule has 0 amide bonds. The maximum absolute atomic E-state index is 3.96. The van der Waals surface area contributed by atoms with Crippen LogP contribution in [0.1, 0.15) is 13.3 Å². The molecule has 1 atom stereocenters. The zero-order valence-electron chi connectivity index (χ0n) is 5.04. The van der Waals surface area contributed by atoms with E-state index in [9.17, 15) is 0 Å². The fourth-order valence-electron chi connectivity index (χ4n) is 0.767. The molecule has 0 aromatic heterocycles. The minimum atomic E-state index is 0.389. The van der Waals surface area contributed by atoms with Gasteiger partial charge in [0.15, 0.2) is 0 Å². The quantitative estimate of drug-likeness (QED) is 0.460. The molecule has 1 rings (SSSR count). The number of nitrogens with zero attached hydrogens (tertiary/aromatic N) is 2. The Morgan fingerprint density at radius 2 is 2.50 bits per heavy atom. The predicted octanol–water partition coefficient (Wildman–Crippen LogP) is 1.79. The van der Waals surface area contributed by atoms with E-state index < -0.39 is 0 Å². The summed E-state index contributed by atoms with van der Waals surface area (Å²) in [6, 6.07) is 0.389. The van der Waals surface area contributed by atoms with Crippen molar-refractivity contribution in [3.63, 3.8) is 0 Å². The predicted molar refractivity (Wildman–Crippen MR) is 32.9 cm³/mol. The van der Waals surface area contributed by atoms with Crippen molar-refractivity contribution >= 4 is 0 Å². The summed E-state index contributed by atoms with van der Waals surface area (Å²) >= 11 is 0. The van der Waals surface area contributed by atoms with E-state index in [1.807, 2.05) is 13.0 Å². The Balaban J connectivity index is 2.36. The molecule has 0 bridgehead atoms. The third kappa shape index (κ3) is 1.15. The third-order valence-corrected chi connectivity index (χ3v) is 1.17. The molecule has 2 nitrogen and oxygen atoms in total. The first-order valence-corrected chi connectivity index (χ1v) is 2.93. The molecule has 0 aromatic rings. The highest BCUT2D eigenvalue weighted by atomic mass is 15.1. The largest absolute Gasteiger partial charge is 0.194 e. The maximum atomic E-state index is 3.96. The molecule has 0 saturated heterocycles. The molecule has 0 aliphatic carbocycles. The second-order valence-corrected chi connectivity index (χ2v) is 1.86. The van der Waals surface area contributed by atoms with Crippen LogP contribution < -0.4 is 0 Å². The van der Waals surface area contributed by atoms with E-state index in [2.05, 4.69) is 16.3 Å². The second kappa shape index (κ2) is 2.60. The lowest BCUT2D eigenvalue weighted by atomic mass is 10.2. The van der Waals surface area contributed by atoms with Gasteiger partial charge < -0.3 is 0 Å². The van der Waals surface area contributed by atoms with Crippen molar-refractivity contribution in [2.24, 2.45) is 10.2 Å². The third-order valence-electron chi connectivity index (χ3n) is 1.17.